The van der Waals surface area contributed by atoms with Crippen molar-refractivity contribution in [3.63, 3.8) is 0 Å². The van der Waals surface area contributed by atoms with E-state index < -0.39 is 27.8 Å². The molecule has 2 atom stereocenters. The van der Waals surface area contributed by atoms with Crippen LogP contribution >= 0.6 is 0 Å². The number of halogens is 1. The first kappa shape index (κ1) is 14.3. The molecule has 1 aromatic rings. The Labute approximate surface area is 107 Å². The van der Waals surface area contributed by atoms with E-state index in [-0.39, 0.29) is 23.3 Å². The Bertz CT molecular complexity index is 525. The highest BCUT2D eigenvalue weighted by molar-refractivity contribution is 7.85. The maximum absolute atomic E-state index is 13.4. The van der Waals surface area contributed by atoms with Crippen molar-refractivity contribution < 1.29 is 18.5 Å². The zero-order valence-electron chi connectivity index (χ0n) is 9.72. The monoisotopic (exact) mass is 269 g/mol. The molecule has 0 radical (unpaired) electrons. The maximum Gasteiger partial charge on any atom is 0.319 e. The van der Waals surface area contributed by atoms with E-state index in [1.165, 1.54) is 12.1 Å². The number of rotatable bonds is 5. The van der Waals surface area contributed by atoms with Crippen molar-refractivity contribution in [3.05, 3.63) is 35.1 Å². The fourth-order valence-electron chi connectivity index (χ4n) is 1.48. The van der Waals surface area contributed by atoms with Crippen molar-refractivity contribution in [2.45, 2.75) is 24.3 Å². The largest absolute Gasteiger partial charge is 0.480 e. The summed E-state index contributed by atoms with van der Waals surface area (Å²) in [5, 5.41) is 16.5. The second kappa shape index (κ2) is 6.26. The standard InChI is InChI=1S/C12H12FNO3S/c1-2-11(12(15)16)18(17)7-9-5-8(6-14)3-4-10(9)13/h3-5,11H,2,7H2,1H3,(H,15,16). The van der Waals surface area contributed by atoms with Gasteiger partial charge in [-0.3, -0.25) is 9.00 Å². The molecule has 0 saturated carbocycles. The van der Waals surface area contributed by atoms with E-state index in [9.17, 15) is 13.4 Å². The van der Waals surface area contributed by atoms with Crippen LogP contribution in [0.5, 0.6) is 0 Å². The molecule has 4 nitrogen and oxygen atoms in total. The fraction of sp³-hybridized carbons (Fsp3) is 0.333. The zero-order chi connectivity index (χ0) is 13.7. The van der Waals surface area contributed by atoms with Crippen LogP contribution in [0.15, 0.2) is 18.2 Å². The number of hydrogen-bond acceptors (Lipinski definition) is 3. The highest BCUT2D eigenvalue weighted by Crippen LogP contribution is 2.15. The van der Waals surface area contributed by atoms with Crippen molar-refractivity contribution in [3.8, 4) is 6.07 Å². The number of carboxylic acids is 1. The Morgan fingerprint density at radius 3 is 2.78 bits per heavy atom. The average Bonchev–Trinajstić information content (AvgIpc) is 2.32. The van der Waals surface area contributed by atoms with Gasteiger partial charge >= 0.3 is 5.97 Å². The van der Waals surface area contributed by atoms with Gasteiger partial charge in [-0.05, 0) is 24.6 Å². The molecular weight excluding hydrogens is 257 g/mol. The first-order valence-electron chi connectivity index (χ1n) is 5.28. The van der Waals surface area contributed by atoms with Crippen molar-refractivity contribution >= 4 is 16.8 Å². The van der Waals surface area contributed by atoms with Crippen LogP contribution in [0.25, 0.3) is 0 Å². The van der Waals surface area contributed by atoms with Crippen LogP contribution in [0.1, 0.15) is 24.5 Å². The lowest BCUT2D eigenvalue weighted by Gasteiger charge is -2.10. The summed E-state index contributed by atoms with van der Waals surface area (Å²) >= 11 is 0. The number of nitriles is 1. The molecule has 6 heteroatoms. The summed E-state index contributed by atoms with van der Waals surface area (Å²) in [6.07, 6.45) is 0.210. The lowest BCUT2D eigenvalue weighted by Crippen LogP contribution is -2.25. The molecule has 0 amide bonds. The quantitative estimate of drug-likeness (QED) is 0.884. The minimum absolute atomic E-state index is 0.104. The van der Waals surface area contributed by atoms with E-state index in [0.29, 0.717) is 0 Å². The Balaban J connectivity index is 2.94. The summed E-state index contributed by atoms with van der Waals surface area (Å²) in [4.78, 5) is 10.8. The Morgan fingerprint density at radius 1 is 1.61 bits per heavy atom. The molecule has 18 heavy (non-hydrogen) atoms. The minimum Gasteiger partial charge on any atom is -0.480 e. The van der Waals surface area contributed by atoms with Crippen LogP contribution in [0.2, 0.25) is 0 Å². The second-order valence-corrected chi connectivity index (χ2v) is 5.30. The molecule has 0 spiro atoms. The summed E-state index contributed by atoms with van der Waals surface area (Å²) in [5.74, 6) is -1.94. The fourth-order valence-corrected chi connectivity index (χ4v) is 2.81. The lowest BCUT2D eigenvalue weighted by atomic mass is 10.1. The summed E-state index contributed by atoms with van der Waals surface area (Å²) in [7, 11) is -1.71. The number of nitrogens with zero attached hydrogens (tertiary/aromatic N) is 1. The molecule has 0 aromatic heterocycles. The van der Waals surface area contributed by atoms with Gasteiger partial charge in [-0.25, -0.2) is 4.39 Å². The summed E-state index contributed by atoms with van der Waals surface area (Å²) < 4.78 is 25.3. The third kappa shape index (κ3) is 3.37. The van der Waals surface area contributed by atoms with E-state index in [1.807, 2.05) is 6.07 Å². The smallest absolute Gasteiger partial charge is 0.319 e. The molecule has 0 heterocycles. The number of aliphatic carboxylic acids is 1. The molecule has 1 aromatic carbocycles. The predicted octanol–water partition coefficient (Wildman–Crippen LogP) is 1.81. The summed E-state index contributed by atoms with van der Waals surface area (Å²) in [5.41, 5.74) is 0.360. The number of carbonyl (C=O) groups is 1. The van der Waals surface area contributed by atoms with Crippen molar-refractivity contribution in [2.75, 3.05) is 0 Å². The third-order valence-corrected chi connectivity index (χ3v) is 4.20. The van der Waals surface area contributed by atoms with Gasteiger partial charge in [0.1, 0.15) is 11.1 Å². The van der Waals surface area contributed by atoms with Gasteiger partial charge in [-0.2, -0.15) is 5.26 Å². The maximum atomic E-state index is 13.4. The Morgan fingerprint density at radius 2 is 2.28 bits per heavy atom. The van der Waals surface area contributed by atoms with E-state index >= 15 is 0 Å². The molecule has 0 saturated heterocycles. The van der Waals surface area contributed by atoms with Gasteiger partial charge in [0.15, 0.2) is 0 Å². The van der Waals surface area contributed by atoms with Crippen molar-refractivity contribution in [1.82, 2.24) is 0 Å². The van der Waals surface area contributed by atoms with Crippen LogP contribution < -0.4 is 0 Å². The lowest BCUT2D eigenvalue weighted by molar-refractivity contribution is -0.136. The third-order valence-electron chi connectivity index (χ3n) is 2.44. The van der Waals surface area contributed by atoms with Crippen LogP contribution in [0.4, 0.5) is 4.39 Å². The van der Waals surface area contributed by atoms with Gasteiger partial charge < -0.3 is 5.11 Å². The van der Waals surface area contributed by atoms with E-state index in [4.69, 9.17) is 10.4 Å². The SMILES string of the molecule is CCC(C(=O)O)S(=O)Cc1cc(C#N)ccc1F. The first-order valence-corrected chi connectivity index (χ1v) is 6.66. The molecular formula is C12H12FNO3S. The molecule has 1 N–H and O–H groups in total. The van der Waals surface area contributed by atoms with Gasteiger partial charge in [0, 0.05) is 16.4 Å². The normalized spacial score (nSPS) is 13.6. The van der Waals surface area contributed by atoms with E-state index in [1.54, 1.807) is 6.92 Å². The first-order chi connectivity index (χ1) is 8.49. The van der Waals surface area contributed by atoms with Crippen molar-refractivity contribution in [2.24, 2.45) is 0 Å². The number of carboxylic acid groups (broad SMARTS) is 1. The second-order valence-electron chi connectivity index (χ2n) is 3.68. The van der Waals surface area contributed by atoms with Gasteiger partial charge in [0.05, 0.1) is 17.4 Å². The van der Waals surface area contributed by atoms with E-state index in [2.05, 4.69) is 0 Å². The van der Waals surface area contributed by atoms with Gasteiger partial charge in [0.2, 0.25) is 0 Å². The summed E-state index contributed by atoms with van der Waals surface area (Å²) in [6.45, 7) is 1.61. The Hall–Kier alpha value is -1.74. The van der Waals surface area contributed by atoms with Gasteiger partial charge in [-0.15, -0.1) is 0 Å². The van der Waals surface area contributed by atoms with Crippen molar-refractivity contribution in [1.29, 1.82) is 5.26 Å². The summed E-state index contributed by atoms with van der Waals surface area (Å²) in [6, 6.07) is 5.58. The molecule has 0 fully saturated rings. The van der Waals surface area contributed by atoms with Crippen LogP contribution in [0, 0.1) is 17.1 Å². The highest BCUT2D eigenvalue weighted by atomic mass is 32.2. The number of benzene rings is 1. The molecule has 2 unspecified atom stereocenters. The molecule has 0 aliphatic carbocycles. The molecule has 0 bridgehead atoms. The van der Waals surface area contributed by atoms with Gasteiger partial charge in [-0.1, -0.05) is 6.92 Å². The minimum atomic E-state index is -1.71. The molecule has 1 rings (SSSR count). The molecule has 96 valence electrons. The molecule has 0 aliphatic rings. The zero-order valence-corrected chi connectivity index (χ0v) is 10.5. The Kier molecular flexibility index (Phi) is 4.98. The number of hydrogen-bond donors (Lipinski definition) is 1. The van der Waals surface area contributed by atoms with Crippen LogP contribution in [-0.2, 0) is 21.3 Å². The van der Waals surface area contributed by atoms with E-state index in [0.717, 1.165) is 6.07 Å². The topological polar surface area (TPSA) is 78.2 Å². The van der Waals surface area contributed by atoms with Crippen LogP contribution in [-0.4, -0.2) is 20.5 Å². The highest BCUT2D eigenvalue weighted by Gasteiger charge is 2.23. The molecule has 0 aliphatic heterocycles. The average molecular weight is 269 g/mol. The predicted molar refractivity (Wildman–Crippen MR) is 64.7 cm³/mol. The van der Waals surface area contributed by atoms with Crippen LogP contribution in [0.3, 0.4) is 0 Å². The van der Waals surface area contributed by atoms with Gasteiger partial charge in [0.25, 0.3) is 0 Å².